The quantitative estimate of drug-likeness (QED) is 0.101. The maximum absolute atomic E-state index is 14.8. The van der Waals surface area contributed by atoms with Crippen molar-refractivity contribution in [1.82, 2.24) is 30.2 Å². The molecular weight excluding hydrogens is 1190 g/mol. The topological polar surface area (TPSA) is 238 Å². The van der Waals surface area contributed by atoms with Crippen molar-refractivity contribution in [2.45, 2.75) is 162 Å². The van der Waals surface area contributed by atoms with E-state index in [1.165, 1.54) is 15.9 Å². The van der Waals surface area contributed by atoms with Crippen LogP contribution >= 0.6 is 23.6 Å². The van der Waals surface area contributed by atoms with E-state index in [0.717, 1.165) is 38.7 Å². The molecule has 3 amide bonds. The first-order valence-electron chi connectivity index (χ1n) is 29.9. The van der Waals surface area contributed by atoms with Crippen molar-refractivity contribution in [3.8, 4) is 22.3 Å². The number of hydrogen-bond donors (Lipinski definition) is 1. The Morgan fingerprint density at radius 3 is 2.33 bits per heavy atom. The summed E-state index contributed by atoms with van der Waals surface area (Å²) in [7, 11) is 0. The summed E-state index contributed by atoms with van der Waals surface area (Å²) in [5.74, 6) is -2.98. The fourth-order valence-corrected chi connectivity index (χ4v) is 12.3. The SMILES string of the molecule is Cc1ncsc1-c1ccc([C@H](C)NC(=O)C2CC3CN2C(=O)C(C(C)(C)C)CC(=O)COCCCOCCC(CCOc2ccc(N4C(=S)N(c5ccc(C#N)c(C(F)(F)F)c5)C(=O)C4(C)C)cc2)OC(=O)CCCCCn2cc(nn2)CCC(=O)O3)cc1. The normalized spacial score (nSPS) is 21.4. The summed E-state index contributed by atoms with van der Waals surface area (Å²) in [5.41, 5.74) is 1.74. The molecule has 2 saturated heterocycles. The van der Waals surface area contributed by atoms with Crippen LogP contribution in [-0.2, 0) is 66.9 Å². The zero-order chi connectivity index (χ0) is 64.2. The second-order valence-electron chi connectivity index (χ2n) is 24.1. The molecule has 25 heteroatoms. The number of aromatic nitrogens is 4. The zero-order valence-electron chi connectivity index (χ0n) is 51.1. The average molecular weight is 1270 g/mol. The van der Waals surface area contributed by atoms with Gasteiger partial charge in [-0.05, 0) is 118 Å². The number of thiocarbonyl (C=S) groups is 1. The Kier molecular flexibility index (Phi) is 22.5. The molecule has 5 heterocycles. The number of nitriles is 1. The van der Waals surface area contributed by atoms with E-state index >= 15 is 0 Å². The minimum Gasteiger partial charge on any atom is -0.493 e. The first kappa shape index (κ1) is 67.3. The largest absolute Gasteiger partial charge is 0.493 e. The van der Waals surface area contributed by atoms with Crippen molar-refractivity contribution >= 4 is 75.5 Å². The highest BCUT2D eigenvalue weighted by Crippen LogP contribution is 2.41. The number of fused-ring (bicyclic) bond motifs is 4. The van der Waals surface area contributed by atoms with Crippen molar-refractivity contribution in [1.29, 1.82) is 5.26 Å². The number of carbonyl (C=O) groups excluding carboxylic acids is 6. The summed E-state index contributed by atoms with van der Waals surface area (Å²) in [6.45, 7) is 13.7. The lowest BCUT2D eigenvalue weighted by Gasteiger charge is -2.35. The standard InChI is InChI=1S/C64H76F3N9O11S2/c1-40(42-13-15-43(16-14-42)57-41(2)69-39-89-57)70-58(80)54-34-51-37-74(54)59(81)53(62(3,4)5)33-48(77)38-84-29-11-28-83-30-25-50(86-55(78)12-9-8-10-27-73-36-45(71-72-73)18-24-56(79)87-51)26-31-85-49-22-20-46(21-23-49)76-61(88)75(60(82)63(76,6)7)47-19-17-44(35-68)52(32-47)64(65,66)67/h13-17,19-23,32,36,39-40,50-51,53-54H,8-12,18,24-31,33-34,37-38H2,1-7H3,(H,70,80)/t40-,50?,51?,53?,54?/m0/s1. The lowest BCUT2D eigenvalue weighted by Crippen LogP contribution is -2.50. The van der Waals surface area contributed by atoms with Gasteiger partial charge in [0.05, 0.1) is 76.9 Å². The molecule has 0 spiro atoms. The van der Waals surface area contributed by atoms with E-state index < -0.39 is 82.2 Å². The van der Waals surface area contributed by atoms with Gasteiger partial charge in [0.2, 0.25) is 11.8 Å². The molecule has 3 aromatic carbocycles. The number of hydrogen-bond acceptors (Lipinski definition) is 17. The van der Waals surface area contributed by atoms with Gasteiger partial charge < -0.3 is 38.8 Å². The summed E-state index contributed by atoms with van der Waals surface area (Å²) in [6.07, 6.45) is -1.14. The van der Waals surface area contributed by atoms with Crippen LogP contribution in [0.25, 0.3) is 10.4 Å². The van der Waals surface area contributed by atoms with Crippen LogP contribution in [0, 0.1) is 29.6 Å². The number of rotatable bonds is 10. The molecule has 20 nitrogen and oxygen atoms in total. The Labute approximate surface area is 525 Å². The van der Waals surface area contributed by atoms with E-state index in [-0.39, 0.29) is 94.2 Å². The van der Waals surface area contributed by atoms with E-state index in [0.29, 0.717) is 62.2 Å². The number of esters is 2. The number of Topliss-reactive ketones (excluding diaryl/α,β-unsaturated/α-hetero) is 1. The van der Waals surface area contributed by atoms with Crippen molar-refractivity contribution in [2.24, 2.45) is 11.3 Å². The van der Waals surface area contributed by atoms with Crippen molar-refractivity contribution in [3.05, 3.63) is 107 Å². The molecule has 89 heavy (non-hydrogen) atoms. The average Bonchev–Trinajstić information content (AvgIpc) is 1.64. The number of amides is 3. The summed E-state index contributed by atoms with van der Waals surface area (Å²) >= 11 is 7.24. The number of ketones is 1. The van der Waals surface area contributed by atoms with Crippen molar-refractivity contribution in [3.63, 3.8) is 0 Å². The number of cyclic esters (lactones) is 1. The molecule has 476 valence electrons. The number of aryl methyl sites for hydroxylation is 3. The maximum atomic E-state index is 14.8. The van der Waals surface area contributed by atoms with Crippen LogP contribution < -0.4 is 19.9 Å². The van der Waals surface area contributed by atoms with Crippen LogP contribution in [0.5, 0.6) is 5.75 Å². The Morgan fingerprint density at radius 1 is 0.910 bits per heavy atom. The molecule has 0 saturated carbocycles. The Morgan fingerprint density at radius 2 is 1.63 bits per heavy atom. The Balaban J connectivity index is 0.878. The van der Waals surface area contributed by atoms with Gasteiger partial charge in [-0.1, -0.05) is 56.7 Å². The fourth-order valence-electron chi connectivity index (χ4n) is 11.0. The zero-order valence-corrected chi connectivity index (χ0v) is 52.8. The van der Waals surface area contributed by atoms with Crippen LogP contribution in [0.3, 0.4) is 0 Å². The van der Waals surface area contributed by atoms with Gasteiger partial charge in [-0.2, -0.15) is 18.4 Å². The molecule has 4 unspecified atom stereocenters. The lowest BCUT2D eigenvalue weighted by molar-refractivity contribution is -0.151. The van der Waals surface area contributed by atoms with Crippen molar-refractivity contribution in [2.75, 3.05) is 49.4 Å². The van der Waals surface area contributed by atoms with Crippen LogP contribution in [0.2, 0.25) is 0 Å². The van der Waals surface area contributed by atoms with E-state index in [4.69, 9.17) is 35.9 Å². The van der Waals surface area contributed by atoms with Crippen LogP contribution in [0.1, 0.15) is 140 Å². The third-order valence-electron chi connectivity index (χ3n) is 16.0. The Hall–Kier alpha value is -7.66. The van der Waals surface area contributed by atoms with Gasteiger partial charge >= 0.3 is 18.1 Å². The molecular formula is C64H76F3N9O11S2. The number of halogens is 3. The van der Waals surface area contributed by atoms with Crippen LogP contribution in [-0.4, -0.2) is 129 Å². The van der Waals surface area contributed by atoms with Gasteiger partial charge in [0, 0.05) is 76.1 Å². The van der Waals surface area contributed by atoms with Crippen LogP contribution in [0.15, 0.2) is 78.4 Å². The third-order valence-corrected chi connectivity index (χ3v) is 17.4. The number of ether oxygens (including phenoxy) is 5. The Bertz CT molecular complexity index is 3380. The smallest absolute Gasteiger partial charge is 0.417 e. The molecule has 2 fully saturated rings. The maximum Gasteiger partial charge on any atom is 0.417 e. The summed E-state index contributed by atoms with van der Waals surface area (Å²) in [4.78, 5) is 92.6. The predicted octanol–water partition coefficient (Wildman–Crippen LogP) is 10.2. The molecule has 5 atom stereocenters. The molecule has 5 aromatic rings. The number of anilines is 2. The molecule has 0 radical (unpaired) electrons. The monoisotopic (exact) mass is 1270 g/mol. The molecule has 8 rings (SSSR count). The minimum atomic E-state index is -4.84. The van der Waals surface area contributed by atoms with Gasteiger partial charge in [0.15, 0.2) is 10.9 Å². The second kappa shape index (κ2) is 29.8. The van der Waals surface area contributed by atoms with Crippen molar-refractivity contribution < 1.29 is 65.6 Å². The van der Waals surface area contributed by atoms with Gasteiger partial charge in [-0.15, -0.1) is 16.4 Å². The number of nitrogens with zero attached hydrogens (tertiary/aromatic N) is 8. The molecule has 4 bridgehead atoms. The molecule has 2 aromatic heterocycles. The third kappa shape index (κ3) is 17.4. The molecule has 3 aliphatic rings. The van der Waals surface area contributed by atoms with E-state index in [1.807, 2.05) is 58.9 Å². The lowest BCUT2D eigenvalue weighted by atomic mass is 9.77. The number of carbonyl (C=O) groups is 6. The van der Waals surface area contributed by atoms with E-state index in [1.54, 1.807) is 71.9 Å². The highest BCUT2D eigenvalue weighted by atomic mass is 32.1. The molecule has 1 N–H and O–H groups in total. The fraction of sp³-hybridized carbons (Fsp3) is 0.516. The second-order valence-corrected chi connectivity index (χ2v) is 25.3. The van der Waals surface area contributed by atoms with Gasteiger partial charge in [0.1, 0.15) is 36.1 Å². The summed E-state index contributed by atoms with van der Waals surface area (Å²) in [5, 5.41) is 20.8. The van der Waals surface area contributed by atoms with Gasteiger partial charge in [-0.3, -0.25) is 38.3 Å². The number of nitrogens with one attached hydrogen (secondary N) is 1. The van der Waals surface area contributed by atoms with E-state index in [9.17, 15) is 47.2 Å². The van der Waals surface area contributed by atoms with E-state index in [2.05, 4.69) is 20.6 Å². The summed E-state index contributed by atoms with van der Waals surface area (Å²) in [6, 6.07) is 17.7. The summed E-state index contributed by atoms with van der Waals surface area (Å²) < 4.78 is 73.1. The number of benzene rings is 3. The predicted molar refractivity (Wildman–Crippen MR) is 328 cm³/mol. The first-order chi connectivity index (χ1) is 42.3. The highest BCUT2D eigenvalue weighted by molar-refractivity contribution is 7.81. The highest BCUT2D eigenvalue weighted by Gasteiger charge is 2.51. The molecule has 0 aliphatic carbocycles. The van der Waals surface area contributed by atoms with Gasteiger partial charge in [0.25, 0.3) is 5.91 Å². The first-order valence-corrected chi connectivity index (χ1v) is 31.2. The van der Waals surface area contributed by atoms with Crippen LogP contribution in [0.4, 0.5) is 24.5 Å². The number of thiazole rings is 1. The number of alkyl halides is 3. The minimum absolute atomic E-state index is 0.0226. The molecule has 3 aliphatic heterocycles. The van der Waals surface area contributed by atoms with Gasteiger partial charge in [-0.25, -0.2) is 4.98 Å².